The summed E-state index contributed by atoms with van der Waals surface area (Å²) in [5.41, 5.74) is 0. The lowest BCUT2D eigenvalue weighted by Crippen LogP contribution is -1.86. The molecule has 0 saturated heterocycles. The Kier molecular flexibility index (Phi) is 5.33. The van der Waals surface area contributed by atoms with Gasteiger partial charge in [0.05, 0.1) is 0 Å². The first kappa shape index (κ1) is 7.70. The second-order valence-electron chi connectivity index (χ2n) is 1.45. The molecule has 0 aliphatic heterocycles. The number of allylic oxidation sites excluding steroid dienone is 1. The van der Waals surface area contributed by atoms with Gasteiger partial charge in [-0.2, -0.15) is 0 Å². The minimum atomic E-state index is 0.638. The van der Waals surface area contributed by atoms with E-state index in [9.17, 15) is 0 Å². The summed E-state index contributed by atoms with van der Waals surface area (Å²) >= 11 is 6.53. The van der Waals surface area contributed by atoms with Gasteiger partial charge < -0.3 is 0 Å². The van der Waals surface area contributed by atoms with Crippen LogP contribution < -0.4 is 0 Å². The molecule has 0 nitrogen and oxygen atoms in total. The van der Waals surface area contributed by atoms with Crippen LogP contribution in [0.15, 0.2) is 11.1 Å². The molecular weight excluding hydrogens is 220 g/mol. The third-order valence-electron chi connectivity index (χ3n) is 0.645. The van der Waals surface area contributed by atoms with Crippen LogP contribution in [0.3, 0.4) is 0 Å². The molecule has 0 aliphatic carbocycles. The van der Waals surface area contributed by atoms with Crippen molar-refractivity contribution < 1.29 is 0 Å². The highest BCUT2D eigenvalue weighted by molar-refractivity contribution is 9.11. The Labute approximate surface area is 61.2 Å². The van der Waals surface area contributed by atoms with Gasteiger partial charge in [0.25, 0.3) is 0 Å². The van der Waals surface area contributed by atoms with Crippen LogP contribution in [-0.2, 0) is 0 Å². The van der Waals surface area contributed by atoms with Crippen LogP contribution in [0.25, 0.3) is 0 Å². The predicted octanol–water partition coefficient (Wildman–Crippen LogP) is 2.93. The van der Waals surface area contributed by atoms with Crippen molar-refractivity contribution in [3.8, 4) is 0 Å². The zero-order chi connectivity index (χ0) is 5.70. The van der Waals surface area contributed by atoms with Crippen LogP contribution in [0.5, 0.6) is 0 Å². The molecule has 0 N–H and O–H groups in total. The zero-order valence-electron chi connectivity index (χ0n) is 4.20. The number of hydrogen-bond donors (Lipinski definition) is 0. The molecule has 0 amide bonds. The molecule has 0 fully saturated rings. The molecule has 7 heavy (non-hydrogen) atoms. The van der Waals surface area contributed by atoms with E-state index in [4.69, 9.17) is 0 Å². The Balaban J connectivity index is 3.16. The van der Waals surface area contributed by atoms with E-state index in [0.717, 1.165) is 5.33 Å². The van der Waals surface area contributed by atoms with Gasteiger partial charge in [-0.25, -0.2) is 0 Å². The summed E-state index contributed by atoms with van der Waals surface area (Å²) in [5.74, 6) is 0.638. The number of hydrogen-bond acceptors (Lipinski definition) is 0. The first-order valence-corrected chi connectivity index (χ1v) is 4.17. The first-order valence-electron chi connectivity index (χ1n) is 2.14. The fraction of sp³-hybridized carbons (Fsp3) is 0.600. The van der Waals surface area contributed by atoms with Crippen LogP contribution in [0.2, 0.25) is 0 Å². The summed E-state index contributed by atoms with van der Waals surface area (Å²) in [4.78, 5) is 1.89. The monoisotopic (exact) mass is 226 g/mol. The fourth-order valence-electron chi connectivity index (χ4n) is 0.176. The van der Waals surface area contributed by atoms with E-state index in [1.54, 1.807) is 0 Å². The van der Waals surface area contributed by atoms with Gasteiger partial charge >= 0.3 is 0 Å². The molecule has 0 aliphatic rings. The maximum atomic E-state index is 3.34. The van der Waals surface area contributed by atoms with E-state index in [0.29, 0.717) is 5.92 Å². The third kappa shape index (κ3) is 4.56. The predicted molar refractivity (Wildman–Crippen MR) is 41.0 cm³/mol. The summed E-state index contributed by atoms with van der Waals surface area (Å²) in [7, 11) is 0. The zero-order valence-corrected chi connectivity index (χ0v) is 7.37. The number of halogens is 2. The Morgan fingerprint density at radius 1 is 1.71 bits per heavy atom. The molecule has 0 aromatic rings. The molecule has 0 spiro atoms. The third-order valence-corrected chi connectivity index (χ3v) is 1.97. The van der Waals surface area contributed by atoms with Crippen LogP contribution in [0.4, 0.5) is 0 Å². The highest BCUT2D eigenvalue weighted by Crippen LogP contribution is 2.01. The van der Waals surface area contributed by atoms with Crippen LogP contribution >= 0.6 is 31.9 Å². The van der Waals surface area contributed by atoms with Crippen molar-refractivity contribution in [3.05, 3.63) is 11.1 Å². The lowest BCUT2D eigenvalue weighted by Gasteiger charge is -1.93. The average molecular weight is 228 g/mol. The van der Waals surface area contributed by atoms with Gasteiger partial charge in [-0.3, -0.25) is 0 Å². The Bertz CT molecular complexity index is 59.1. The van der Waals surface area contributed by atoms with E-state index in [2.05, 4.69) is 44.9 Å². The highest BCUT2D eigenvalue weighted by Gasteiger charge is 1.88. The van der Waals surface area contributed by atoms with E-state index in [1.807, 2.05) is 4.99 Å². The molecule has 0 bridgehead atoms. The summed E-state index contributed by atoms with van der Waals surface area (Å²) in [6.45, 7) is 2.15. The van der Waals surface area contributed by atoms with Gasteiger partial charge in [0.2, 0.25) is 0 Å². The first-order chi connectivity index (χ1) is 3.31. The molecule has 1 atom stereocenters. The van der Waals surface area contributed by atoms with Crippen molar-refractivity contribution in [2.24, 2.45) is 5.92 Å². The second-order valence-corrected chi connectivity index (χ2v) is 2.63. The van der Waals surface area contributed by atoms with Gasteiger partial charge in [-0.05, 0) is 10.9 Å². The van der Waals surface area contributed by atoms with E-state index in [-0.39, 0.29) is 0 Å². The van der Waals surface area contributed by atoms with Gasteiger partial charge in [0.1, 0.15) is 0 Å². The second kappa shape index (κ2) is 4.85. The molecule has 2 heteroatoms. The van der Waals surface area contributed by atoms with E-state index in [1.165, 1.54) is 0 Å². The van der Waals surface area contributed by atoms with Gasteiger partial charge in [0, 0.05) is 5.33 Å². The van der Waals surface area contributed by atoms with Crippen LogP contribution in [0.1, 0.15) is 6.92 Å². The smallest absolute Gasteiger partial charge is 0.00919 e. The molecule has 0 rings (SSSR count). The van der Waals surface area contributed by atoms with Crippen molar-refractivity contribution in [1.29, 1.82) is 0 Å². The van der Waals surface area contributed by atoms with Crippen molar-refractivity contribution >= 4 is 31.9 Å². The molecular formula is C5H8Br2. The van der Waals surface area contributed by atoms with Crippen LogP contribution in [0, 0.1) is 5.92 Å². The summed E-state index contributed by atoms with van der Waals surface area (Å²) < 4.78 is 0. The minimum absolute atomic E-state index is 0.638. The molecule has 0 radical (unpaired) electrons. The number of rotatable bonds is 2. The summed E-state index contributed by atoms with van der Waals surface area (Å²) in [6, 6.07) is 0. The normalized spacial score (nSPS) is 15.3. The van der Waals surface area contributed by atoms with Crippen molar-refractivity contribution in [2.75, 3.05) is 5.33 Å². The van der Waals surface area contributed by atoms with Crippen molar-refractivity contribution in [3.63, 3.8) is 0 Å². The van der Waals surface area contributed by atoms with E-state index >= 15 is 0 Å². The molecule has 42 valence electrons. The van der Waals surface area contributed by atoms with Crippen molar-refractivity contribution in [1.82, 2.24) is 0 Å². The summed E-state index contributed by atoms with van der Waals surface area (Å²) in [5, 5.41) is 1.04. The Morgan fingerprint density at radius 3 is 2.43 bits per heavy atom. The lowest BCUT2D eigenvalue weighted by molar-refractivity contribution is 0.856. The topological polar surface area (TPSA) is 0 Å². The standard InChI is InChI=1S/C5H8Br2/c1-5(4-7)2-3-6/h2-3,5H,4H2,1H3/b3-2+. The Hall–Kier alpha value is 0.700. The van der Waals surface area contributed by atoms with Crippen LogP contribution in [-0.4, -0.2) is 5.33 Å². The maximum absolute atomic E-state index is 3.34. The average Bonchev–Trinajstić information content (AvgIpc) is 1.68. The lowest BCUT2D eigenvalue weighted by atomic mass is 10.2. The highest BCUT2D eigenvalue weighted by atomic mass is 79.9. The summed E-state index contributed by atoms with van der Waals surface area (Å²) in [6.07, 6.45) is 2.09. The fourth-order valence-corrected chi connectivity index (χ4v) is 0.912. The van der Waals surface area contributed by atoms with Gasteiger partial charge in [-0.1, -0.05) is 44.9 Å². The van der Waals surface area contributed by atoms with Crippen molar-refractivity contribution in [2.45, 2.75) is 6.92 Å². The molecule has 0 heterocycles. The molecule has 0 saturated carbocycles. The van der Waals surface area contributed by atoms with E-state index < -0.39 is 0 Å². The molecule has 1 unspecified atom stereocenters. The largest absolute Gasteiger partial charge is 0.0922 e. The minimum Gasteiger partial charge on any atom is -0.0922 e. The quantitative estimate of drug-likeness (QED) is 0.637. The SMILES string of the molecule is CC(/C=C/Br)CBr. The van der Waals surface area contributed by atoms with Gasteiger partial charge in [-0.15, -0.1) is 0 Å². The number of alkyl halides is 1. The molecule has 0 aromatic carbocycles. The maximum Gasteiger partial charge on any atom is 0.00919 e. The Morgan fingerprint density at radius 2 is 2.29 bits per heavy atom. The molecule has 0 aromatic heterocycles. The van der Waals surface area contributed by atoms with Gasteiger partial charge in [0.15, 0.2) is 0 Å².